The van der Waals surface area contributed by atoms with E-state index in [4.69, 9.17) is 5.26 Å². The Morgan fingerprint density at radius 2 is 1.74 bits per heavy atom. The number of amides is 2. The third-order valence-electron chi connectivity index (χ3n) is 4.41. The zero-order chi connectivity index (χ0) is 23.2. The van der Waals surface area contributed by atoms with E-state index in [9.17, 15) is 26.8 Å². The Morgan fingerprint density at radius 3 is 2.32 bits per heavy atom. The first kappa shape index (κ1) is 23.8. The van der Waals surface area contributed by atoms with E-state index in [0.717, 1.165) is 20.0 Å². The Labute approximate surface area is 178 Å². The van der Waals surface area contributed by atoms with Crippen LogP contribution in [0, 0.1) is 11.5 Å². The van der Waals surface area contributed by atoms with E-state index in [1.54, 1.807) is 18.2 Å². The summed E-state index contributed by atoms with van der Waals surface area (Å²) in [6.45, 7) is -2.25. The topological polar surface area (TPSA) is 117 Å². The average Bonchev–Trinajstić information content (AvgIpc) is 2.73. The van der Waals surface area contributed by atoms with E-state index >= 15 is 0 Å². The number of nitrogens with one attached hydrogen (secondary N) is 1. The molecule has 0 aliphatic heterocycles. The van der Waals surface area contributed by atoms with Crippen molar-refractivity contribution in [3.63, 3.8) is 0 Å². The lowest BCUT2D eigenvalue weighted by molar-refractivity contribution is -0.130. The Kier molecular flexibility index (Phi) is 7.30. The molecule has 2 rings (SSSR count). The van der Waals surface area contributed by atoms with Gasteiger partial charge < -0.3 is 10.1 Å². The molecular weight excluding hydrogens is 432 g/mol. The molecule has 1 atom stereocenters. The predicted molar refractivity (Wildman–Crippen MR) is 106 cm³/mol. The predicted octanol–water partition coefficient (Wildman–Crippen LogP) is 2.29. The molecule has 0 radical (unpaired) electrons. The molecule has 31 heavy (non-hydrogen) atoms. The third kappa shape index (κ3) is 5.35. The van der Waals surface area contributed by atoms with Crippen LogP contribution in [0.3, 0.4) is 0 Å². The number of carbonyl (C=O) groups excluding carboxylic acids is 2. The van der Waals surface area contributed by atoms with Gasteiger partial charge in [0.05, 0.1) is 5.75 Å². The highest BCUT2D eigenvalue weighted by Gasteiger charge is 2.49. The molecule has 0 fully saturated rings. The van der Waals surface area contributed by atoms with Crippen molar-refractivity contribution in [1.82, 2.24) is 10.2 Å². The molecule has 0 saturated heterocycles. The monoisotopic (exact) mass is 451 g/mol. The van der Waals surface area contributed by atoms with E-state index in [1.165, 1.54) is 36.5 Å². The highest BCUT2D eigenvalue weighted by molar-refractivity contribution is 7.92. The van der Waals surface area contributed by atoms with Crippen LogP contribution in [0.4, 0.5) is 8.78 Å². The van der Waals surface area contributed by atoms with Crippen LogP contribution in [0.1, 0.15) is 22.8 Å². The highest BCUT2D eigenvalue weighted by atomic mass is 32.2. The molecule has 2 aromatic rings. The molecule has 0 aromatic heterocycles. The summed E-state index contributed by atoms with van der Waals surface area (Å²) in [5.41, 5.74) is -0.0619. The van der Waals surface area contributed by atoms with Gasteiger partial charge in [-0.3, -0.25) is 9.59 Å². The van der Waals surface area contributed by atoms with Gasteiger partial charge in [0.15, 0.2) is 16.0 Å². The number of nitriles is 1. The summed E-state index contributed by atoms with van der Waals surface area (Å²) in [6, 6.07) is 12.7. The van der Waals surface area contributed by atoms with Crippen LogP contribution in [-0.4, -0.2) is 43.7 Å². The van der Waals surface area contributed by atoms with Gasteiger partial charge in [0, 0.05) is 18.2 Å². The van der Waals surface area contributed by atoms with Gasteiger partial charge >= 0.3 is 6.61 Å². The van der Waals surface area contributed by atoms with Crippen molar-refractivity contribution in [3.05, 3.63) is 65.7 Å². The maximum atomic E-state index is 13.3. The van der Waals surface area contributed by atoms with Gasteiger partial charge in [0.2, 0.25) is 4.87 Å². The average molecular weight is 451 g/mol. The number of hydrogen-bond acceptors (Lipinski definition) is 6. The highest BCUT2D eigenvalue weighted by Crippen LogP contribution is 2.28. The van der Waals surface area contributed by atoms with Crippen molar-refractivity contribution < 1.29 is 31.5 Å². The number of halogens is 2. The quantitative estimate of drug-likeness (QED) is 0.486. The molecule has 0 aliphatic carbocycles. The lowest BCUT2D eigenvalue weighted by Crippen LogP contribution is -2.61. The van der Waals surface area contributed by atoms with E-state index in [-0.39, 0.29) is 16.9 Å². The van der Waals surface area contributed by atoms with Crippen LogP contribution >= 0.6 is 0 Å². The van der Waals surface area contributed by atoms with Gasteiger partial charge in [0.1, 0.15) is 5.75 Å². The molecule has 11 heteroatoms. The molecular formula is C20H19F2N3O5S. The summed E-state index contributed by atoms with van der Waals surface area (Å²) in [7, 11) is -3.55. The Bertz CT molecular complexity index is 1100. The molecule has 0 saturated carbocycles. The molecule has 0 heterocycles. The Balaban J connectivity index is 2.49. The number of para-hydroxylation sites is 1. The largest absolute Gasteiger partial charge is 0.435 e. The number of sulfone groups is 1. The van der Waals surface area contributed by atoms with Crippen molar-refractivity contribution in [2.75, 3.05) is 7.05 Å². The van der Waals surface area contributed by atoms with Gasteiger partial charge in [-0.25, -0.2) is 13.3 Å². The number of hydrogen-bond donors (Lipinski definition) is 1. The molecule has 0 spiro atoms. The van der Waals surface area contributed by atoms with Crippen LogP contribution in [0.2, 0.25) is 0 Å². The van der Waals surface area contributed by atoms with Gasteiger partial charge in [-0.1, -0.05) is 36.4 Å². The minimum atomic E-state index is -4.59. The number of benzene rings is 2. The van der Waals surface area contributed by atoms with Crippen LogP contribution in [0.5, 0.6) is 5.75 Å². The van der Waals surface area contributed by atoms with Crippen molar-refractivity contribution in [2.45, 2.75) is 24.2 Å². The zero-order valence-corrected chi connectivity index (χ0v) is 17.4. The standard InChI is InChI=1S/C20H19F2N3O5S/c1-20(18(27)25(2)13-23,24-17(26)14-8-4-3-5-9-14)31(28,29)12-15-10-6-7-11-16(15)30-19(21)22/h3-11,19H,12H2,1-2H3,(H,24,26)/t20-/m1/s1. The van der Waals surface area contributed by atoms with Gasteiger partial charge in [-0.05, 0) is 25.1 Å². The fraction of sp³-hybridized carbons (Fsp3) is 0.250. The molecule has 1 N–H and O–H groups in total. The number of alkyl halides is 2. The second kappa shape index (κ2) is 9.53. The molecule has 0 aliphatic rings. The minimum absolute atomic E-state index is 0.0813. The minimum Gasteiger partial charge on any atom is -0.435 e. The van der Waals surface area contributed by atoms with Crippen LogP contribution in [-0.2, 0) is 20.4 Å². The van der Waals surface area contributed by atoms with Crippen LogP contribution < -0.4 is 10.1 Å². The summed E-state index contributed by atoms with van der Waals surface area (Å²) in [6.07, 6.45) is 1.50. The van der Waals surface area contributed by atoms with Crippen molar-refractivity contribution in [3.8, 4) is 11.9 Å². The summed E-state index contributed by atoms with van der Waals surface area (Å²) in [5, 5.41) is 11.2. The van der Waals surface area contributed by atoms with Crippen molar-refractivity contribution in [2.24, 2.45) is 0 Å². The lowest BCUT2D eigenvalue weighted by Gasteiger charge is -2.30. The van der Waals surface area contributed by atoms with E-state index in [2.05, 4.69) is 10.1 Å². The summed E-state index contributed by atoms with van der Waals surface area (Å²) in [4.78, 5) is 23.4. The molecule has 164 valence electrons. The Morgan fingerprint density at radius 1 is 1.16 bits per heavy atom. The molecule has 2 aromatic carbocycles. The van der Waals surface area contributed by atoms with Gasteiger partial charge in [-0.2, -0.15) is 14.0 Å². The third-order valence-corrected chi connectivity index (χ3v) is 6.62. The normalized spacial score (nSPS) is 13.0. The number of nitrogens with zero attached hydrogens (tertiary/aromatic N) is 2. The number of carbonyl (C=O) groups is 2. The fourth-order valence-electron chi connectivity index (χ4n) is 2.69. The van der Waals surface area contributed by atoms with Crippen LogP contribution in [0.25, 0.3) is 0 Å². The fourth-order valence-corrected chi connectivity index (χ4v) is 4.28. The summed E-state index contributed by atoms with van der Waals surface area (Å²) < 4.78 is 56.3. The molecule has 0 unspecified atom stereocenters. The maximum Gasteiger partial charge on any atom is 0.387 e. The lowest BCUT2D eigenvalue weighted by atomic mass is 10.2. The van der Waals surface area contributed by atoms with E-state index < -0.39 is 38.9 Å². The van der Waals surface area contributed by atoms with E-state index in [0.29, 0.717) is 4.90 Å². The second-order valence-corrected chi connectivity index (χ2v) is 8.90. The second-order valence-electron chi connectivity index (χ2n) is 6.56. The Hall–Kier alpha value is -3.52. The molecule has 0 bridgehead atoms. The first-order valence-electron chi connectivity index (χ1n) is 8.82. The maximum absolute atomic E-state index is 13.3. The summed E-state index contributed by atoms with van der Waals surface area (Å²) in [5.74, 6) is -3.39. The number of ether oxygens (including phenoxy) is 1. The molecule has 8 nitrogen and oxygen atoms in total. The summed E-state index contributed by atoms with van der Waals surface area (Å²) >= 11 is 0. The van der Waals surface area contributed by atoms with Gasteiger partial charge in [0.25, 0.3) is 11.8 Å². The van der Waals surface area contributed by atoms with E-state index in [1.807, 2.05) is 0 Å². The zero-order valence-electron chi connectivity index (χ0n) is 16.6. The van der Waals surface area contributed by atoms with Crippen molar-refractivity contribution in [1.29, 1.82) is 5.26 Å². The van der Waals surface area contributed by atoms with Crippen LogP contribution in [0.15, 0.2) is 54.6 Å². The smallest absolute Gasteiger partial charge is 0.387 e. The SMILES string of the molecule is CN(C#N)C(=O)[C@](C)(NC(=O)c1ccccc1)S(=O)(=O)Cc1ccccc1OC(F)F. The molecule has 2 amide bonds. The van der Waals surface area contributed by atoms with Crippen molar-refractivity contribution >= 4 is 21.7 Å². The first-order chi connectivity index (χ1) is 14.5. The first-order valence-corrected chi connectivity index (χ1v) is 10.5. The number of rotatable bonds is 8. The van der Waals surface area contributed by atoms with Gasteiger partial charge in [-0.15, -0.1) is 0 Å². The number of likely N-dealkylation sites (N-methyl/N-ethyl adjacent to an activating group) is 1.